The second kappa shape index (κ2) is 11.9. The van der Waals surface area contributed by atoms with Gasteiger partial charge in [0, 0.05) is 36.7 Å². The maximum Gasteiger partial charge on any atom is 0.242 e. The summed E-state index contributed by atoms with van der Waals surface area (Å²) in [4.78, 5) is 35.7. The van der Waals surface area contributed by atoms with Crippen LogP contribution >= 0.6 is 0 Å². The Labute approximate surface area is 244 Å². The van der Waals surface area contributed by atoms with Gasteiger partial charge >= 0.3 is 0 Å². The number of aromatic amines is 1. The van der Waals surface area contributed by atoms with Crippen molar-refractivity contribution in [1.29, 1.82) is 0 Å². The molecule has 1 heterocycles. The van der Waals surface area contributed by atoms with Gasteiger partial charge < -0.3 is 19.5 Å². The van der Waals surface area contributed by atoms with E-state index in [2.05, 4.69) is 36.3 Å². The number of amides is 2. The molecule has 1 N–H and O–H groups in total. The van der Waals surface area contributed by atoms with Crippen LogP contribution in [-0.4, -0.2) is 53.3 Å². The van der Waals surface area contributed by atoms with Crippen molar-refractivity contribution in [2.45, 2.75) is 71.3 Å². The smallest absolute Gasteiger partial charge is 0.242 e. The normalized spacial score (nSPS) is 24.5. The van der Waals surface area contributed by atoms with Gasteiger partial charge in [-0.05, 0) is 98.4 Å². The lowest BCUT2D eigenvalue weighted by Crippen LogP contribution is -2.56. The molecule has 0 spiro atoms. The molecule has 6 nitrogen and oxygen atoms in total. The Hall–Kier alpha value is -3.28. The van der Waals surface area contributed by atoms with Crippen molar-refractivity contribution in [2.24, 2.45) is 23.2 Å². The maximum atomic E-state index is 14.3. The van der Waals surface area contributed by atoms with E-state index >= 15 is 0 Å². The number of aromatic nitrogens is 1. The minimum absolute atomic E-state index is 0.0369. The van der Waals surface area contributed by atoms with Gasteiger partial charge in [0.05, 0.1) is 19.1 Å². The summed E-state index contributed by atoms with van der Waals surface area (Å²) < 4.78 is 5.35. The SMILES string of the molecule is CCCCN(CC(=O)N(CCc1c[nH]c2ccccc12)Cc1ccc(OC)cc1)C(=O)C12CC3CC(CC(C3)C1)C2. The van der Waals surface area contributed by atoms with Crippen LogP contribution in [0.2, 0.25) is 0 Å². The van der Waals surface area contributed by atoms with Gasteiger partial charge in [-0.25, -0.2) is 0 Å². The number of nitrogens with one attached hydrogen (secondary N) is 1. The third-order valence-corrected chi connectivity index (χ3v) is 10.1. The Kier molecular flexibility index (Phi) is 8.10. The lowest BCUT2D eigenvalue weighted by atomic mass is 9.49. The number of fused-ring (bicyclic) bond motifs is 1. The molecular formula is C35H45N3O3. The number of rotatable bonds is 12. The fourth-order valence-corrected chi connectivity index (χ4v) is 8.41. The molecule has 6 heteroatoms. The summed E-state index contributed by atoms with van der Waals surface area (Å²) in [6, 6.07) is 16.3. The first-order chi connectivity index (χ1) is 20.0. The van der Waals surface area contributed by atoms with Crippen LogP contribution in [0.3, 0.4) is 0 Å². The highest BCUT2D eigenvalue weighted by molar-refractivity contribution is 5.88. The molecule has 7 rings (SSSR count). The van der Waals surface area contributed by atoms with Crippen molar-refractivity contribution in [3.8, 4) is 5.75 Å². The molecule has 4 aliphatic carbocycles. The van der Waals surface area contributed by atoms with Crippen LogP contribution in [-0.2, 0) is 22.6 Å². The van der Waals surface area contributed by atoms with E-state index in [1.54, 1.807) is 7.11 Å². The van der Waals surface area contributed by atoms with Crippen molar-refractivity contribution < 1.29 is 14.3 Å². The zero-order chi connectivity index (χ0) is 28.4. The molecular weight excluding hydrogens is 510 g/mol. The number of carbonyl (C=O) groups excluding carboxylic acids is 2. The molecule has 0 saturated heterocycles. The molecule has 218 valence electrons. The first kappa shape index (κ1) is 27.9. The fraction of sp³-hybridized carbons (Fsp3) is 0.543. The number of H-pyrrole nitrogens is 1. The van der Waals surface area contributed by atoms with Gasteiger partial charge in [0.2, 0.25) is 11.8 Å². The van der Waals surface area contributed by atoms with E-state index in [1.807, 2.05) is 40.1 Å². The summed E-state index contributed by atoms with van der Waals surface area (Å²) in [5.41, 5.74) is 3.15. The maximum absolute atomic E-state index is 14.3. The molecule has 0 aliphatic heterocycles. The molecule has 41 heavy (non-hydrogen) atoms. The number of hydrogen-bond donors (Lipinski definition) is 1. The van der Waals surface area contributed by atoms with Crippen LogP contribution in [0, 0.1) is 23.2 Å². The third-order valence-electron chi connectivity index (χ3n) is 10.1. The van der Waals surface area contributed by atoms with E-state index in [0.717, 1.165) is 55.4 Å². The molecule has 4 bridgehead atoms. The van der Waals surface area contributed by atoms with E-state index in [9.17, 15) is 9.59 Å². The quantitative estimate of drug-likeness (QED) is 0.274. The van der Waals surface area contributed by atoms with Gasteiger partial charge in [-0.1, -0.05) is 43.7 Å². The minimum Gasteiger partial charge on any atom is -0.497 e. The highest BCUT2D eigenvalue weighted by Gasteiger charge is 2.55. The van der Waals surface area contributed by atoms with Crippen LogP contribution in [0.25, 0.3) is 10.9 Å². The zero-order valence-electron chi connectivity index (χ0n) is 24.7. The predicted molar refractivity (Wildman–Crippen MR) is 163 cm³/mol. The molecule has 0 unspecified atom stereocenters. The zero-order valence-corrected chi connectivity index (χ0v) is 24.7. The van der Waals surface area contributed by atoms with E-state index in [-0.39, 0.29) is 23.8 Å². The van der Waals surface area contributed by atoms with Crippen molar-refractivity contribution in [3.05, 3.63) is 65.9 Å². The van der Waals surface area contributed by atoms with Crippen molar-refractivity contribution in [1.82, 2.24) is 14.8 Å². The molecule has 3 aromatic rings. The Bertz CT molecular complexity index is 1330. The third kappa shape index (κ3) is 5.89. The summed E-state index contributed by atoms with van der Waals surface area (Å²) >= 11 is 0. The summed E-state index contributed by atoms with van der Waals surface area (Å²) in [6.07, 6.45) is 11.8. The second-order valence-electron chi connectivity index (χ2n) is 13.1. The van der Waals surface area contributed by atoms with Crippen LogP contribution in [0.4, 0.5) is 0 Å². The summed E-state index contributed by atoms with van der Waals surface area (Å²) in [7, 11) is 1.66. The average Bonchev–Trinajstić information content (AvgIpc) is 3.39. The van der Waals surface area contributed by atoms with E-state index in [4.69, 9.17) is 4.74 Å². The van der Waals surface area contributed by atoms with E-state index in [1.165, 1.54) is 30.2 Å². The Morgan fingerprint density at radius 2 is 1.61 bits per heavy atom. The summed E-state index contributed by atoms with van der Waals surface area (Å²) in [5.74, 6) is 3.22. The standard InChI is InChI=1S/C35H45N3O3/c1-3-4-14-38(34(40)35-19-26-16-27(20-35)18-28(17-26)21-35)24-33(39)37(23-25-9-11-30(41-2)12-10-25)15-13-29-22-36-32-8-6-5-7-31(29)32/h5-12,22,26-28,36H,3-4,13-21,23-24H2,1-2H3. The van der Waals surface area contributed by atoms with Crippen molar-refractivity contribution in [3.63, 3.8) is 0 Å². The second-order valence-corrected chi connectivity index (χ2v) is 13.1. The Morgan fingerprint density at radius 3 is 2.27 bits per heavy atom. The average molecular weight is 556 g/mol. The van der Waals surface area contributed by atoms with Gasteiger partial charge in [0.1, 0.15) is 5.75 Å². The predicted octanol–water partition coefficient (Wildman–Crippen LogP) is 6.59. The van der Waals surface area contributed by atoms with Gasteiger partial charge in [-0.2, -0.15) is 0 Å². The highest BCUT2D eigenvalue weighted by Crippen LogP contribution is 2.60. The molecule has 0 atom stereocenters. The number of ether oxygens (including phenoxy) is 1. The molecule has 4 fully saturated rings. The summed E-state index contributed by atoms with van der Waals surface area (Å²) in [6.45, 7) is 4.11. The molecule has 4 saturated carbocycles. The van der Waals surface area contributed by atoms with Crippen LogP contribution in [0.15, 0.2) is 54.7 Å². The van der Waals surface area contributed by atoms with Gasteiger partial charge in [-0.15, -0.1) is 0 Å². The number of unbranched alkanes of at least 4 members (excludes halogenated alkanes) is 1. The number of para-hydroxylation sites is 1. The summed E-state index contributed by atoms with van der Waals surface area (Å²) in [5, 5.41) is 1.20. The fourth-order valence-electron chi connectivity index (χ4n) is 8.41. The Morgan fingerprint density at radius 1 is 0.927 bits per heavy atom. The van der Waals surface area contributed by atoms with Crippen LogP contribution < -0.4 is 4.74 Å². The molecule has 4 aliphatic rings. The molecule has 2 aromatic carbocycles. The number of benzene rings is 2. The van der Waals surface area contributed by atoms with Crippen LogP contribution in [0.1, 0.15) is 69.4 Å². The van der Waals surface area contributed by atoms with Gasteiger partial charge in [0.25, 0.3) is 0 Å². The number of methoxy groups -OCH3 is 1. The van der Waals surface area contributed by atoms with Gasteiger partial charge in [-0.3, -0.25) is 9.59 Å². The highest BCUT2D eigenvalue weighted by atomic mass is 16.5. The minimum atomic E-state index is -0.229. The lowest BCUT2D eigenvalue weighted by Gasteiger charge is -2.56. The molecule has 2 amide bonds. The van der Waals surface area contributed by atoms with Gasteiger partial charge in [0.15, 0.2) is 0 Å². The topological polar surface area (TPSA) is 65.6 Å². The number of carbonyl (C=O) groups is 2. The number of hydrogen-bond acceptors (Lipinski definition) is 3. The monoisotopic (exact) mass is 555 g/mol. The van der Waals surface area contributed by atoms with E-state index in [0.29, 0.717) is 37.4 Å². The van der Waals surface area contributed by atoms with Crippen molar-refractivity contribution >= 4 is 22.7 Å². The van der Waals surface area contributed by atoms with Crippen molar-refractivity contribution in [2.75, 3.05) is 26.7 Å². The number of nitrogens with zero attached hydrogens (tertiary/aromatic N) is 2. The first-order valence-corrected chi connectivity index (χ1v) is 15.7. The van der Waals surface area contributed by atoms with E-state index < -0.39 is 0 Å². The Balaban J connectivity index is 1.21. The van der Waals surface area contributed by atoms with Crippen LogP contribution in [0.5, 0.6) is 5.75 Å². The lowest BCUT2D eigenvalue weighted by molar-refractivity contribution is -0.160. The largest absolute Gasteiger partial charge is 0.497 e. The molecule has 0 radical (unpaired) electrons. The molecule has 1 aromatic heterocycles. The first-order valence-electron chi connectivity index (χ1n) is 15.7.